The second-order valence-corrected chi connectivity index (χ2v) is 8.79. The number of rotatable bonds is 8. The summed E-state index contributed by atoms with van der Waals surface area (Å²) >= 11 is 0. The molecular formula is C25H25FN8O. The summed E-state index contributed by atoms with van der Waals surface area (Å²) in [6.45, 7) is 5.00. The Morgan fingerprint density at radius 3 is 2.63 bits per heavy atom. The fourth-order valence-electron chi connectivity index (χ4n) is 3.30. The van der Waals surface area contributed by atoms with Crippen LogP contribution in [0.4, 0.5) is 10.1 Å². The average molecular weight is 473 g/mol. The van der Waals surface area contributed by atoms with Gasteiger partial charge in [-0.1, -0.05) is 0 Å². The van der Waals surface area contributed by atoms with Crippen LogP contribution in [-0.2, 0) is 5.41 Å². The van der Waals surface area contributed by atoms with Crippen molar-refractivity contribution in [1.82, 2.24) is 30.0 Å². The van der Waals surface area contributed by atoms with Crippen molar-refractivity contribution in [2.75, 3.05) is 32.5 Å². The van der Waals surface area contributed by atoms with E-state index in [0.717, 1.165) is 12.1 Å². The first-order valence-corrected chi connectivity index (χ1v) is 11.0. The molecule has 4 aromatic rings. The van der Waals surface area contributed by atoms with E-state index >= 15 is 0 Å². The molecule has 0 aliphatic carbocycles. The Balaban J connectivity index is 1.63. The molecule has 0 unspecified atom stereocenters. The van der Waals surface area contributed by atoms with Crippen molar-refractivity contribution in [3.8, 4) is 40.4 Å². The number of likely N-dealkylation sites (N-methyl/N-ethyl adjacent to an activating group) is 1. The molecule has 35 heavy (non-hydrogen) atoms. The molecule has 1 N–H and O–H groups in total. The molecule has 0 aliphatic rings. The van der Waals surface area contributed by atoms with Gasteiger partial charge in [-0.05, 0) is 58.3 Å². The van der Waals surface area contributed by atoms with Gasteiger partial charge >= 0.3 is 0 Å². The highest BCUT2D eigenvalue weighted by Crippen LogP contribution is 2.30. The minimum absolute atomic E-state index is 0.185. The second-order valence-electron chi connectivity index (χ2n) is 8.79. The third kappa shape index (κ3) is 5.47. The van der Waals surface area contributed by atoms with E-state index < -0.39 is 5.41 Å². The minimum Gasteiger partial charge on any atom is -0.414 e. The summed E-state index contributed by atoms with van der Waals surface area (Å²) in [7, 11) is 3.93. The molecule has 0 radical (unpaired) electrons. The van der Waals surface area contributed by atoms with Gasteiger partial charge in [-0.25, -0.2) is 9.37 Å². The fourth-order valence-corrected chi connectivity index (χ4v) is 3.30. The van der Waals surface area contributed by atoms with Crippen molar-refractivity contribution in [3.05, 3.63) is 60.4 Å². The van der Waals surface area contributed by atoms with E-state index in [2.05, 4.69) is 36.5 Å². The van der Waals surface area contributed by atoms with Gasteiger partial charge in [-0.3, -0.25) is 9.97 Å². The van der Waals surface area contributed by atoms with E-state index in [-0.39, 0.29) is 17.6 Å². The number of aromatic nitrogens is 5. The molecule has 0 saturated heterocycles. The van der Waals surface area contributed by atoms with Crippen LogP contribution in [0.25, 0.3) is 34.3 Å². The van der Waals surface area contributed by atoms with Crippen LogP contribution >= 0.6 is 0 Å². The number of anilines is 1. The summed E-state index contributed by atoms with van der Waals surface area (Å²) in [5, 5.41) is 20.9. The summed E-state index contributed by atoms with van der Waals surface area (Å²) in [4.78, 5) is 15.2. The lowest BCUT2D eigenvalue weighted by molar-refractivity contribution is 0.425. The van der Waals surface area contributed by atoms with E-state index in [1.54, 1.807) is 38.4 Å². The Labute approximate surface area is 202 Å². The first-order valence-electron chi connectivity index (χ1n) is 11.0. The van der Waals surface area contributed by atoms with E-state index in [0.29, 0.717) is 34.9 Å². The Kier molecular flexibility index (Phi) is 6.80. The number of benzene rings is 1. The smallest absolute Gasteiger partial charge is 0.268 e. The van der Waals surface area contributed by atoms with Crippen molar-refractivity contribution in [2.24, 2.45) is 0 Å². The third-order valence-electron chi connectivity index (χ3n) is 5.34. The molecule has 0 bridgehead atoms. The zero-order valence-corrected chi connectivity index (χ0v) is 19.9. The Bertz CT molecular complexity index is 1380. The number of nitriles is 1. The van der Waals surface area contributed by atoms with Crippen molar-refractivity contribution in [3.63, 3.8) is 0 Å². The summed E-state index contributed by atoms with van der Waals surface area (Å²) in [6, 6.07) is 10.2. The van der Waals surface area contributed by atoms with E-state index in [9.17, 15) is 9.65 Å². The highest BCUT2D eigenvalue weighted by molar-refractivity contribution is 5.73. The van der Waals surface area contributed by atoms with E-state index in [1.807, 2.05) is 25.1 Å². The SMILES string of the molecule is CN(C)CCNc1cc(F)ccc1-c1nnc(-c2cncc(-c3ccnc(C(C)(C)C#N)c3)n2)o1. The average Bonchev–Trinajstić information content (AvgIpc) is 3.34. The Hall–Kier alpha value is -4.23. The summed E-state index contributed by atoms with van der Waals surface area (Å²) < 4.78 is 19.8. The van der Waals surface area contributed by atoms with Crippen molar-refractivity contribution >= 4 is 5.69 Å². The normalized spacial score (nSPS) is 11.5. The highest BCUT2D eigenvalue weighted by atomic mass is 19.1. The van der Waals surface area contributed by atoms with Gasteiger partial charge in [0.25, 0.3) is 5.89 Å². The molecule has 0 amide bonds. The van der Waals surface area contributed by atoms with Crippen molar-refractivity contribution in [2.45, 2.75) is 19.3 Å². The van der Waals surface area contributed by atoms with Crippen LogP contribution in [0.2, 0.25) is 0 Å². The summed E-state index contributed by atoms with van der Waals surface area (Å²) in [6.07, 6.45) is 4.79. The van der Waals surface area contributed by atoms with Gasteiger partial charge in [0.15, 0.2) is 0 Å². The van der Waals surface area contributed by atoms with Crippen molar-refractivity contribution in [1.29, 1.82) is 5.26 Å². The van der Waals surface area contributed by atoms with Crippen LogP contribution in [0.3, 0.4) is 0 Å². The number of pyridine rings is 1. The second kappa shape index (κ2) is 9.95. The van der Waals surface area contributed by atoms with Crippen LogP contribution in [0.15, 0.2) is 53.3 Å². The van der Waals surface area contributed by atoms with E-state index in [4.69, 9.17) is 4.42 Å². The number of hydrogen-bond donors (Lipinski definition) is 1. The van der Waals surface area contributed by atoms with Crippen LogP contribution < -0.4 is 5.32 Å². The van der Waals surface area contributed by atoms with Gasteiger partial charge in [0, 0.05) is 30.5 Å². The zero-order chi connectivity index (χ0) is 25.0. The number of hydrogen-bond acceptors (Lipinski definition) is 9. The highest BCUT2D eigenvalue weighted by Gasteiger charge is 2.22. The van der Waals surface area contributed by atoms with Crippen LogP contribution in [0, 0.1) is 17.1 Å². The monoisotopic (exact) mass is 472 g/mol. The van der Waals surface area contributed by atoms with Crippen LogP contribution in [-0.4, -0.2) is 57.2 Å². The lowest BCUT2D eigenvalue weighted by atomic mass is 9.90. The number of halogens is 1. The lowest BCUT2D eigenvalue weighted by Gasteiger charge is -2.15. The largest absolute Gasteiger partial charge is 0.414 e. The predicted octanol–water partition coefficient (Wildman–Crippen LogP) is 4.17. The fraction of sp³-hybridized carbons (Fsp3) is 0.280. The van der Waals surface area contributed by atoms with Gasteiger partial charge in [0.2, 0.25) is 5.89 Å². The predicted molar refractivity (Wildman–Crippen MR) is 130 cm³/mol. The van der Waals surface area contributed by atoms with Gasteiger partial charge in [0.1, 0.15) is 11.5 Å². The van der Waals surface area contributed by atoms with Crippen LogP contribution in [0.1, 0.15) is 19.5 Å². The first kappa shape index (κ1) is 23.9. The molecular weight excluding hydrogens is 447 g/mol. The Morgan fingerprint density at radius 1 is 1.09 bits per heavy atom. The molecule has 0 saturated carbocycles. The molecule has 3 heterocycles. The van der Waals surface area contributed by atoms with Gasteiger partial charge in [0.05, 0.1) is 40.8 Å². The molecule has 10 heteroatoms. The number of nitrogens with one attached hydrogen (secondary N) is 1. The standard InChI is InChI=1S/C25H25FN8O/c1-25(2,15-27)22-11-16(7-8-30-22)20-13-28-14-21(31-20)24-33-32-23(35-24)18-6-5-17(26)12-19(18)29-9-10-34(3)4/h5-8,11-14,29H,9-10H2,1-4H3. The van der Waals surface area contributed by atoms with Gasteiger partial charge in [-0.15, -0.1) is 10.2 Å². The van der Waals surface area contributed by atoms with Crippen molar-refractivity contribution < 1.29 is 8.81 Å². The van der Waals surface area contributed by atoms with Gasteiger partial charge < -0.3 is 14.6 Å². The zero-order valence-electron chi connectivity index (χ0n) is 19.9. The van der Waals surface area contributed by atoms with Crippen LogP contribution in [0.5, 0.6) is 0 Å². The third-order valence-corrected chi connectivity index (χ3v) is 5.34. The first-order chi connectivity index (χ1) is 16.8. The quantitative estimate of drug-likeness (QED) is 0.403. The number of nitrogens with zero attached hydrogens (tertiary/aromatic N) is 7. The summed E-state index contributed by atoms with van der Waals surface area (Å²) in [5.41, 5.74) is 2.77. The minimum atomic E-state index is -0.740. The summed E-state index contributed by atoms with van der Waals surface area (Å²) in [5.74, 6) is 0.0572. The molecule has 0 atom stereocenters. The molecule has 3 aromatic heterocycles. The topological polar surface area (TPSA) is 117 Å². The molecule has 0 spiro atoms. The molecule has 1 aromatic carbocycles. The maximum absolute atomic E-state index is 13.9. The molecule has 178 valence electrons. The Morgan fingerprint density at radius 2 is 1.86 bits per heavy atom. The lowest BCUT2D eigenvalue weighted by Crippen LogP contribution is -2.21. The van der Waals surface area contributed by atoms with E-state index in [1.165, 1.54) is 18.3 Å². The van der Waals surface area contributed by atoms with Gasteiger partial charge in [-0.2, -0.15) is 5.26 Å². The maximum Gasteiger partial charge on any atom is 0.268 e. The molecule has 0 aliphatic heterocycles. The molecule has 4 rings (SSSR count). The molecule has 9 nitrogen and oxygen atoms in total. The maximum atomic E-state index is 13.9. The molecule has 0 fully saturated rings.